The van der Waals surface area contributed by atoms with Crippen LogP contribution in [-0.2, 0) is 32.7 Å². The molecule has 0 aliphatic heterocycles. The first kappa shape index (κ1) is 13.0. The van der Waals surface area contributed by atoms with Gasteiger partial charge < -0.3 is 0 Å². The fourth-order valence-corrected chi connectivity index (χ4v) is 1.29. The number of aromatic nitrogens is 1. The summed E-state index contributed by atoms with van der Waals surface area (Å²) in [4.78, 5) is 4.30. The van der Waals surface area contributed by atoms with Crippen molar-refractivity contribution in [3.63, 3.8) is 0 Å². The van der Waals surface area contributed by atoms with Gasteiger partial charge in [-0.05, 0) is 24.6 Å². The molecule has 0 spiro atoms. The van der Waals surface area contributed by atoms with Crippen molar-refractivity contribution in [2.24, 2.45) is 0 Å². The molecule has 0 atom stereocenters. The molecule has 0 bridgehead atoms. The zero-order chi connectivity index (χ0) is 10.7. The number of rotatable bonds is 1. The van der Waals surface area contributed by atoms with E-state index in [0.29, 0.717) is 5.56 Å². The van der Waals surface area contributed by atoms with E-state index in [1.165, 1.54) is 0 Å². The summed E-state index contributed by atoms with van der Waals surface area (Å²) in [6, 6.07) is 14.3. The Bertz CT molecular complexity index is 495. The number of pyridine rings is 1. The van der Waals surface area contributed by atoms with Gasteiger partial charge in [0.15, 0.2) is 0 Å². The van der Waals surface area contributed by atoms with Crippen LogP contribution in [0.15, 0.2) is 36.5 Å². The molecule has 0 N–H and O–H groups in total. The molecular formula is C13H9N2Y+2. The molecule has 72 valence electrons. The molecular weight excluding hydrogens is 273 g/mol. The quantitative estimate of drug-likeness (QED) is 0.754. The van der Waals surface area contributed by atoms with Crippen LogP contribution in [0.25, 0.3) is 11.3 Å². The number of nitriles is 1. The zero-order valence-corrected chi connectivity index (χ0v) is 11.8. The van der Waals surface area contributed by atoms with Crippen molar-refractivity contribution in [1.29, 1.82) is 5.26 Å². The van der Waals surface area contributed by atoms with Crippen LogP contribution in [0, 0.1) is 24.3 Å². The molecule has 1 heterocycles. The largest absolute Gasteiger partial charge is 3.00 e. The summed E-state index contributed by atoms with van der Waals surface area (Å²) in [7, 11) is 0. The predicted molar refractivity (Wildman–Crippen MR) is 58.0 cm³/mol. The summed E-state index contributed by atoms with van der Waals surface area (Å²) in [6.45, 7) is 2.00. The van der Waals surface area contributed by atoms with Gasteiger partial charge in [-0.1, -0.05) is 17.2 Å². The van der Waals surface area contributed by atoms with Crippen LogP contribution in [0.2, 0.25) is 0 Å². The minimum Gasteiger partial charge on any atom is -0.266 e. The van der Waals surface area contributed by atoms with Gasteiger partial charge in [0.1, 0.15) is 0 Å². The average Bonchev–Trinajstić information content (AvgIpc) is 2.30. The van der Waals surface area contributed by atoms with Crippen molar-refractivity contribution in [3.8, 4) is 17.3 Å². The summed E-state index contributed by atoms with van der Waals surface area (Å²) in [5.41, 5.74) is 3.57. The van der Waals surface area contributed by atoms with Gasteiger partial charge in [0.2, 0.25) is 0 Å². The molecule has 2 nitrogen and oxygen atoms in total. The molecule has 0 radical (unpaired) electrons. The summed E-state index contributed by atoms with van der Waals surface area (Å²) < 4.78 is 0. The van der Waals surface area contributed by atoms with Crippen molar-refractivity contribution in [2.45, 2.75) is 6.92 Å². The maximum atomic E-state index is 8.64. The number of nitrogens with zero attached hydrogens (tertiary/aromatic N) is 2. The summed E-state index contributed by atoms with van der Waals surface area (Å²) in [5, 5.41) is 8.64. The normalized spacial score (nSPS) is 9.00. The zero-order valence-electron chi connectivity index (χ0n) is 8.94. The SMILES string of the molecule is Cc1ccc(-c2c[c-]c(C#N)cc2)nc1.[Y+3]. The van der Waals surface area contributed by atoms with Crippen molar-refractivity contribution in [3.05, 3.63) is 53.7 Å². The molecule has 0 fully saturated rings. The maximum absolute atomic E-state index is 8.64. The van der Waals surface area contributed by atoms with E-state index in [2.05, 4.69) is 11.1 Å². The van der Waals surface area contributed by atoms with Crippen LogP contribution in [0.5, 0.6) is 0 Å². The summed E-state index contributed by atoms with van der Waals surface area (Å²) in [5.74, 6) is 0. The summed E-state index contributed by atoms with van der Waals surface area (Å²) >= 11 is 0. The second-order valence-electron chi connectivity index (χ2n) is 3.32. The Hall–Kier alpha value is -1.04. The Kier molecular flexibility index (Phi) is 4.80. The van der Waals surface area contributed by atoms with Gasteiger partial charge in [0.05, 0.1) is 0 Å². The van der Waals surface area contributed by atoms with E-state index in [1.54, 1.807) is 12.1 Å². The Labute approximate surface area is 120 Å². The van der Waals surface area contributed by atoms with Gasteiger partial charge in [-0.2, -0.15) is 0 Å². The Morgan fingerprint density at radius 2 is 2.06 bits per heavy atom. The van der Waals surface area contributed by atoms with Crippen LogP contribution in [-0.4, -0.2) is 4.98 Å². The van der Waals surface area contributed by atoms with Crippen LogP contribution in [0.4, 0.5) is 0 Å². The smallest absolute Gasteiger partial charge is 0.266 e. The third-order valence-corrected chi connectivity index (χ3v) is 2.14. The van der Waals surface area contributed by atoms with E-state index in [1.807, 2.05) is 37.4 Å². The molecule has 0 aliphatic rings. The van der Waals surface area contributed by atoms with E-state index < -0.39 is 0 Å². The number of hydrogen-bond donors (Lipinski definition) is 0. The van der Waals surface area contributed by atoms with E-state index >= 15 is 0 Å². The Balaban J connectivity index is 0.00000128. The molecule has 2 aromatic rings. The van der Waals surface area contributed by atoms with Crippen molar-refractivity contribution in [1.82, 2.24) is 4.98 Å². The first-order chi connectivity index (χ1) is 7.29. The van der Waals surface area contributed by atoms with Crippen LogP contribution in [0.3, 0.4) is 0 Å². The number of benzene rings is 1. The first-order valence-corrected chi connectivity index (χ1v) is 4.64. The Morgan fingerprint density at radius 1 is 1.25 bits per heavy atom. The molecule has 0 amide bonds. The molecule has 0 aliphatic carbocycles. The van der Waals surface area contributed by atoms with Gasteiger partial charge >= 0.3 is 32.7 Å². The maximum Gasteiger partial charge on any atom is 3.00 e. The molecule has 0 saturated heterocycles. The van der Waals surface area contributed by atoms with Gasteiger partial charge in [-0.15, -0.1) is 24.3 Å². The van der Waals surface area contributed by atoms with Gasteiger partial charge in [0.25, 0.3) is 0 Å². The molecule has 0 saturated carbocycles. The van der Waals surface area contributed by atoms with Gasteiger partial charge in [-0.25, -0.2) is 0 Å². The van der Waals surface area contributed by atoms with E-state index in [-0.39, 0.29) is 32.7 Å². The van der Waals surface area contributed by atoms with Crippen molar-refractivity contribution in [2.75, 3.05) is 0 Å². The van der Waals surface area contributed by atoms with Crippen molar-refractivity contribution >= 4 is 0 Å². The van der Waals surface area contributed by atoms with Crippen LogP contribution < -0.4 is 0 Å². The average molecular weight is 282 g/mol. The van der Waals surface area contributed by atoms with Gasteiger partial charge in [0, 0.05) is 11.9 Å². The molecule has 3 heteroatoms. The fourth-order valence-electron chi connectivity index (χ4n) is 1.29. The minimum absolute atomic E-state index is 0. The first-order valence-electron chi connectivity index (χ1n) is 4.64. The Morgan fingerprint density at radius 3 is 2.56 bits per heavy atom. The van der Waals surface area contributed by atoms with Crippen LogP contribution in [0.1, 0.15) is 11.1 Å². The number of aryl methyl sites for hydroxylation is 1. The summed E-state index contributed by atoms with van der Waals surface area (Å²) in [6.07, 6.45) is 1.83. The molecule has 1 aromatic heterocycles. The van der Waals surface area contributed by atoms with E-state index in [4.69, 9.17) is 5.26 Å². The van der Waals surface area contributed by atoms with Crippen LogP contribution >= 0.6 is 0 Å². The third-order valence-electron chi connectivity index (χ3n) is 2.14. The molecule has 2 rings (SSSR count). The molecule has 16 heavy (non-hydrogen) atoms. The predicted octanol–water partition coefficient (Wildman–Crippen LogP) is 2.73. The standard InChI is InChI=1S/C13H9N2.Y/c1-10-2-7-13(15-9-10)12-5-3-11(8-14)4-6-12;/h2-3,5-7,9H,1H3;/q-1;+3. The second-order valence-corrected chi connectivity index (χ2v) is 3.32. The van der Waals surface area contributed by atoms with E-state index in [0.717, 1.165) is 16.8 Å². The monoisotopic (exact) mass is 282 g/mol. The number of hydrogen-bond acceptors (Lipinski definition) is 2. The van der Waals surface area contributed by atoms with E-state index in [9.17, 15) is 0 Å². The fraction of sp³-hybridized carbons (Fsp3) is 0.0769. The topological polar surface area (TPSA) is 36.7 Å². The second kappa shape index (κ2) is 5.89. The van der Waals surface area contributed by atoms with Crippen molar-refractivity contribution < 1.29 is 32.7 Å². The third kappa shape index (κ3) is 2.98. The minimum atomic E-state index is 0. The molecule has 1 aromatic carbocycles. The molecule has 0 unspecified atom stereocenters. The van der Waals surface area contributed by atoms with Gasteiger partial charge in [-0.3, -0.25) is 10.2 Å².